The van der Waals surface area contributed by atoms with E-state index in [2.05, 4.69) is 16.7 Å². The SMILES string of the molecule is COC1C[N-]C1.O=C(Nc1cccc(Cl)c1)c1c[c-]ccc1.[O]=[Os]. The molecule has 0 saturated carbocycles. The first-order chi connectivity index (χ1) is 11.7. The van der Waals surface area contributed by atoms with Crippen LogP contribution in [0.25, 0.3) is 5.32 Å². The van der Waals surface area contributed by atoms with Crippen LogP contribution in [-0.4, -0.2) is 32.2 Å². The first kappa shape index (κ1) is 20.6. The van der Waals surface area contributed by atoms with Gasteiger partial charge >= 0.3 is 22.1 Å². The number of benzene rings is 2. The van der Waals surface area contributed by atoms with Crippen LogP contribution in [0.1, 0.15) is 10.4 Å². The molecule has 5 nitrogen and oxygen atoms in total. The normalized spacial score (nSPS) is 12.6. The Labute approximate surface area is 156 Å². The van der Waals surface area contributed by atoms with Crippen molar-refractivity contribution in [2.75, 3.05) is 25.5 Å². The second-order valence-electron chi connectivity index (χ2n) is 4.70. The van der Waals surface area contributed by atoms with Gasteiger partial charge in [0.2, 0.25) is 0 Å². The molecule has 3 rings (SSSR count). The number of hydrogen-bond acceptors (Lipinski definition) is 3. The Morgan fingerprint density at radius 3 is 2.54 bits per heavy atom. The summed E-state index contributed by atoms with van der Waals surface area (Å²) in [5.41, 5.74) is 1.25. The summed E-state index contributed by atoms with van der Waals surface area (Å²) in [5.74, 6) is -0.167. The quantitative estimate of drug-likeness (QED) is 0.626. The van der Waals surface area contributed by atoms with E-state index in [4.69, 9.17) is 19.9 Å². The summed E-state index contributed by atoms with van der Waals surface area (Å²) in [7, 11) is 1.72. The maximum atomic E-state index is 11.8. The summed E-state index contributed by atoms with van der Waals surface area (Å²) >= 11 is 6.43. The van der Waals surface area contributed by atoms with E-state index in [1.54, 1.807) is 55.6 Å². The van der Waals surface area contributed by atoms with Gasteiger partial charge in [-0.05, 0) is 18.2 Å². The van der Waals surface area contributed by atoms with Gasteiger partial charge in [0.05, 0.1) is 0 Å². The Bertz CT molecular complexity index is 621. The Morgan fingerprint density at radius 2 is 2.08 bits per heavy atom. The predicted molar refractivity (Wildman–Crippen MR) is 89.3 cm³/mol. The van der Waals surface area contributed by atoms with Gasteiger partial charge in [0.25, 0.3) is 0 Å². The van der Waals surface area contributed by atoms with Crippen LogP contribution in [0.4, 0.5) is 5.69 Å². The summed E-state index contributed by atoms with van der Waals surface area (Å²) in [4.78, 5) is 11.8. The van der Waals surface area contributed by atoms with E-state index in [-0.39, 0.29) is 5.91 Å². The fraction of sp³-hybridized carbons (Fsp3) is 0.235. The number of nitrogens with one attached hydrogen (secondary N) is 1. The third-order valence-corrected chi connectivity index (χ3v) is 3.29. The van der Waals surface area contributed by atoms with E-state index < -0.39 is 0 Å². The molecule has 1 saturated heterocycles. The minimum absolute atomic E-state index is 0.167. The number of rotatable bonds is 3. The van der Waals surface area contributed by atoms with Crippen molar-refractivity contribution in [3.05, 3.63) is 70.5 Å². The van der Waals surface area contributed by atoms with Gasteiger partial charge in [0.1, 0.15) is 0 Å². The molecule has 130 valence electrons. The molecule has 0 bridgehead atoms. The first-order valence-corrected chi connectivity index (χ1v) is 8.44. The van der Waals surface area contributed by atoms with Gasteiger partial charge in [-0.3, -0.25) is 4.79 Å². The number of methoxy groups -OCH3 is 1. The van der Waals surface area contributed by atoms with Crippen molar-refractivity contribution in [2.45, 2.75) is 6.10 Å². The van der Waals surface area contributed by atoms with E-state index in [1.165, 1.54) is 0 Å². The average molecular weight is 523 g/mol. The number of ether oxygens (including phenoxy) is 1. The predicted octanol–water partition coefficient (Wildman–Crippen LogP) is 3.66. The van der Waals surface area contributed by atoms with Crippen molar-refractivity contribution >= 4 is 23.2 Å². The van der Waals surface area contributed by atoms with Gasteiger partial charge in [-0.2, -0.15) is 30.3 Å². The third kappa shape index (κ3) is 7.42. The summed E-state index contributed by atoms with van der Waals surface area (Å²) in [6, 6.07) is 16.8. The van der Waals surface area contributed by atoms with Gasteiger partial charge in [-0.25, -0.2) is 0 Å². The van der Waals surface area contributed by atoms with Crippen molar-refractivity contribution in [1.82, 2.24) is 0 Å². The van der Waals surface area contributed by atoms with Crippen molar-refractivity contribution < 1.29 is 31.6 Å². The second-order valence-corrected chi connectivity index (χ2v) is 5.14. The van der Waals surface area contributed by atoms with E-state index >= 15 is 0 Å². The molecule has 2 aromatic carbocycles. The van der Waals surface area contributed by atoms with E-state index in [1.807, 2.05) is 0 Å². The van der Waals surface area contributed by atoms with Crippen molar-refractivity contribution in [1.29, 1.82) is 0 Å². The molecule has 1 N–H and O–H groups in total. The Kier molecular flexibility index (Phi) is 10.3. The Hall–Kier alpha value is -1.44. The molecule has 1 aliphatic heterocycles. The molecule has 24 heavy (non-hydrogen) atoms. The molecule has 1 heterocycles. The van der Waals surface area contributed by atoms with Crippen LogP contribution in [-0.2, 0) is 26.8 Å². The molecule has 0 unspecified atom stereocenters. The van der Waals surface area contributed by atoms with E-state index in [0.717, 1.165) is 13.1 Å². The van der Waals surface area contributed by atoms with Crippen LogP contribution >= 0.6 is 11.6 Å². The summed E-state index contributed by atoms with van der Waals surface area (Å²) in [6.07, 6.45) is 0.449. The molecule has 0 aromatic heterocycles. The third-order valence-electron chi connectivity index (χ3n) is 3.05. The molecular formula is C17H17ClN2O3Os-2. The summed E-state index contributed by atoms with van der Waals surface area (Å²) in [6.45, 7) is 1.83. The van der Waals surface area contributed by atoms with Crippen LogP contribution in [0.5, 0.6) is 0 Å². The van der Waals surface area contributed by atoms with E-state index in [0.29, 0.717) is 40.9 Å². The zero-order chi connectivity index (χ0) is 17.8. The minimum atomic E-state index is -0.167. The van der Waals surface area contributed by atoms with Crippen molar-refractivity contribution in [3.8, 4) is 0 Å². The van der Waals surface area contributed by atoms with Crippen LogP contribution in [0, 0.1) is 6.07 Å². The van der Waals surface area contributed by atoms with Crippen LogP contribution in [0.15, 0.2) is 48.5 Å². The number of carbonyl (C=O) groups is 1. The fourth-order valence-corrected chi connectivity index (χ4v) is 1.88. The van der Waals surface area contributed by atoms with Crippen LogP contribution in [0.2, 0.25) is 5.02 Å². The van der Waals surface area contributed by atoms with Crippen molar-refractivity contribution in [2.24, 2.45) is 0 Å². The monoisotopic (exact) mass is 524 g/mol. The number of nitrogens with zero attached hydrogens (tertiary/aromatic N) is 1. The van der Waals surface area contributed by atoms with E-state index in [9.17, 15) is 4.79 Å². The summed E-state index contributed by atoms with van der Waals surface area (Å²) in [5, 5.41) is 7.29. The van der Waals surface area contributed by atoms with Gasteiger partial charge in [-0.15, -0.1) is 13.1 Å². The van der Waals surface area contributed by atoms with Crippen LogP contribution in [0.3, 0.4) is 0 Å². The topological polar surface area (TPSA) is 69.5 Å². The molecule has 7 heteroatoms. The average Bonchev–Trinajstić information content (AvgIpc) is 2.57. The molecule has 0 spiro atoms. The molecular weight excluding hydrogens is 506 g/mol. The fourth-order valence-electron chi connectivity index (χ4n) is 1.69. The zero-order valence-electron chi connectivity index (χ0n) is 13.0. The molecule has 1 fully saturated rings. The molecule has 2 aromatic rings. The number of hydrogen-bond donors (Lipinski definition) is 1. The molecule has 1 aliphatic rings. The van der Waals surface area contributed by atoms with Crippen molar-refractivity contribution in [3.63, 3.8) is 0 Å². The zero-order valence-corrected chi connectivity index (χ0v) is 16.3. The van der Waals surface area contributed by atoms with Gasteiger partial charge in [0, 0.05) is 23.9 Å². The number of anilines is 1. The second kappa shape index (κ2) is 12.0. The molecule has 0 aliphatic carbocycles. The van der Waals surface area contributed by atoms with Gasteiger partial charge in [0.15, 0.2) is 5.91 Å². The molecule has 0 radical (unpaired) electrons. The molecule has 1 amide bonds. The number of halogens is 1. The van der Waals surface area contributed by atoms with Gasteiger partial charge < -0.3 is 15.4 Å². The number of amides is 1. The standard InChI is InChI=1S/C13H9ClNO.C4H8NO.O.Os/c14-11-7-4-8-12(9-11)15-13(16)10-5-2-1-3-6-10;1-6-4-2-5-3-4;;/h1-2,4-9H,(H,15,16);4H,2-3H2,1H3;;/q2*-1;;. The molecule has 0 atom stereocenters. The maximum absolute atomic E-state index is 11.8. The Morgan fingerprint density at radius 1 is 1.33 bits per heavy atom. The van der Waals surface area contributed by atoms with Gasteiger partial charge in [-0.1, -0.05) is 23.2 Å². The first-order valence-electron chi connectivity index (χ1n) is 7.02. The van der Waals surface area contributed by atoms with Crippen LogP contribution < -0.4 is 5.32 Å². The summed E-state index contributed by atoms with van der Waals surface area (Å²) < 4.78 is 13.2. The Balaban J connectivity index is 0.000000300. The number of carbonyl (C=O) groups excluding carboxylic acids is 1.